The Hall–Kier alpha value is -0.830. The molecule has 1 N–H and O–H groups in total. The van der Waals surface area contributed by atoms with Crippen molar-refractivity contribution in [3.63, 3.8) is 0 Å². The van der Waals surface area contributed by atoms with Crippen molar-refractivity contribution >= 4 is 29.9 Å². The number of hydrogen-bond acceptors (Lipinski definition) is 4. The molecule has 2 aliphatic heterocycles. The zero-order valence-corrected chi connectivity index (χ0v) is 18.7. The summed E-state index contributed by atoms with van der Waals surface area (Å²) >= 11 is 0. The first-order valence-corrected chi connectivity index (χ1v) is 9.90. The number of guanidine groups is 1. The monoisotopic (exact) mass is 475 g/mol. The molecule has 0 aromatic carbocycles. The fourth-order valence-corrected chi connectivity index (χ4v) is 4.15. The van der Waals surface area contributed by atoms with Crippen LogP contribution in [0.15, 0.2) is 15.6 Å². The van der Waals surface area contributed by atoms with Gasteiger partial charge in [-0.1, -0.05) is 19.0 Å². The summed E-state index contributed by atoms with van der Waals surface area (Å²) in [7, 11) is 1.86. The van der Waals surface area contributed by atoms with Gasteiger partial charge in [-0.15, -0.1) is 24.0 Å². The lowest BCUT2D eigenvalue weighted by Gasteiger charge is -2.25. The van der Waals surface area contributed by atoms with Gasteiger partial charge in [-0.2, -0.15) is 0 Å². The first-order valence-electron chi connectivity index (χ1n) is 9.90. The Morgan fingerprint density at radius 2 is 2.04 bits per heavy atom. The van der Waals surface area contributed by atoms with Crippen molar-refractivity contribution in [2.75, 3.05) is 33.2 Å². The molecule has 1 atom stereocenters. The first kappa shape index (κ1) is 21.5. The molecule has 1 aromatic heterocycles. The van der Waals surface area contributed by atoms with Crippen molar-refractivity contribution in [1.29, 1.82) is 0 Å². The first-order chi connectivity index (χ1) is 12.2. The zero-order valence-electron chi connectivity index (χ0n) is 16.4. The minimum atomic E-state index is 0. The van der Waals surface area contributed by atoms with Gasteiger partial charge in [0.15, 0.2) is 11.7 Å². The van der Waals surface area contributed by atoms with Crippen molar-refractivity contribution < 1.29 is 4.52 Å². The van der Waals surface area contributed by atoms with Crippen molar-refractivity contribution in [3.8, 4) is 0 Å². The maximum Gasteiger partial charge on any atom is 0.194 e. The predicted molar refractivity (Wildman–Crippen MR) is 116 cm³/mol. The van der Waals surface area contributed by atoms with Crippen LogP contribution >= 0.6 is 24.0 Å². The Kier molecular flexibility index (Phi) is 8.66. The number of aliphatic imine (C=N–C) groups is 1. The average molecular weight is 475 g/mol. The molecule has 2 aliphatic rings. The highest BCUT2D eigenvalue weighted by atomic mass is 127. The largest absolute Gasteiger partial charge is 0.359 e. The van der Waals surface area contributed by atoms with Gasteiger partial charge in [0, 0.05) is 38.2 Å². The van der Waals surface area contributed by atoms with Crippen LogP contribution in [0.4, 0.5) is 0 Å². The van der Waals surface area contributed by atoms with Crippen LogP contribution in [-0.2, 0) is 6.54 Å². The molecule has 1 unspecified atom stereocenters. The van der Waals surface area contributed by atoms with E-state index in [4.69, 9.17) is 4.52 Å². The third-order valence-electron chi connectivity index (χ3n) is 5.73. The van der Waals surface area contributed by atoms with Gasteiger partial charge in [0.2, 0.25) is 0 Å². The smallest absolute Gasteiger partial charge is 0.194 e. The van der Waals surface area contributed by atoms with Crippen LogP contribution < -0.4 is 5.32 Å². The number of nitrogens with zero attached hydrogens (tertiary/aromatic N) is 4. The van der Waals surface area contributed by atoms with Gasteiger partial charge in [0.1, 0.15) is 0 Å². The normalized spacial score (nSPS) is 21.5. The second-order valence-electron chi connectivity index (χ2n) is 7.26. The van der Waals surface area contributed by atoms with Crippen molar-refractivity contribution in [2.24, 2.45) is 4.99 Å². The predicted octanol–water partition coefficient (Wildman–Crippen LogP) is 3.44. The molecule has 2 fully saturated rings. The molecule has 148 valence electrons. The number of likely N-dealkylation sites (tertiary alicyclic amines) is 2. The summed E-state index contributed by atoms with van der Waals surface area (Å²) in [6.45, 7) is 9.73. The molecule has 0 saturated carbocycles. The van der Waals surface area contributed by atoms with E-state index < -0.39 is 0 Å². The van der Waals surface area contributed by atoms with Crippen LogP contribution in [-0.4, -0.2) is 60.2 Å². The van der Waals surface area contributed by atoms with E-state index in [1.807, 2.05) is 7.05 Å². The highest BCUT2D eigenvalue weighted by molar-refractivity contribution is 14.0. The van der Waals surface area contributed by atoms with E-state index in [2.05, 4.69) is 45.2 Å². The molecule has 3 heterocycles. The molecule has 1 aromatic rings. The average Bonchev–Trinajstić information content (AvgIpc) is 3.38. The van der Waals surface area contributed by atoms with Gasteiger partial charge in [0.05, 0.1) is 12.2 Å². The van der Waals surface area contributed by atoms with Crippen LogP contribution in [0.1, 0.15) is 63.3 Å². The van der Waals surface area contributed by atoms with Crippen molar-refractivity contribution in [1.82, 2.24) is 20.3 Å². The fourth-order valence-electron chi connectivity index (χ4n) is 4.15. The Morgan fingerprint density at radius 3 is 2.69 bits per heavy atom. The van der Waals surface area contributed by atoms with Gasteiger partial charge in [-0.3, -0.25) is 9.89 Å². The summed E-state index contributed by atoms with van der Waals surface area (Å²) in [5.41, 5.74) is 1.08. The number of hydrogen-bond donors (Lipinski definition) is 1. The summed E-state index contributed by atoms with van der Waals surface area (Å²) in [6, 6.07) is 2.78. The molecule has 7 heteroatoms. The van der Waals surface area contributed by atoms with Crippen LogP contribution in [0.5, 0.6) is 0 Å². The van der Waals surface area contributed by atoms with Crippen LogP contribution in [0.2, 0.25) is 0 Å². The fraction of sp³-hybridized carbons (Fsp3) is 0.789. The third kappa shape index (κ3) is 5.12. The lowest BCUT2D eigenvalue weighted by Crippen LogP contribution is -2.42. The lowest BCUT2D eigenvalue weighted by molar-refractivity contribution is 0.249. The highest BCUT2D eigenvalue weighted by Gasteiger charge is 2.30. The number of aromatic nitrogens is 1. The minimum Gasteiger partial charge on any atom is -0.359 e. The molecule has 3 rings (SSSR count). The second-order valence-corrected chi connectivity index (χ2v) is 7.26. The molecule has 0 spiro atoms. The van der Waals surface area contributed by atoms with E-state index in [1.165, 1.54) is 32.4 Å². The molecule has 0 bridgehead atoms. The maximum atomic E-state index is 5.51. The zero-order chi connectivity index (χ0) is 17.6. The quantitative estimate of drug-likeness (QED) is 0.388. The molecule has 0 amide bonds. The molecular weight excluding hydrogens is 441 g/mol. The SMILES string of the molecule is CCC(CC)c1cc(CNC(=NC)N2CCC(N3CCCC3)C2)on1.I. The molecule has 0 radical (unpaired) electrons. The van der Waals surface area contributed by atoms with E-state index in [0.29, 0.717) is 18.5 Å². The number of nitrogens with one attached hydrogen (secondary N) is 1. The Labute approximate surface area is 174 Å². The maximum absolute atomic E-state index is 5.51. The Morgan fingerprint density at radius 1 is 1.31 bits per heavy atom. The third-order valence-corrected chi connectivity index (χ3v) is 5.73. The van der Waals surface area contributed by atoms with Gasteiger partial charge in [-0.25, -0.2) is 0 Å². The summed E-state index contributed by atoms with van der Waals surface area (Å²) in [4.78, 5) is 9.49. The Bertz CT molecular complexity index is 566. The van der Waals surface area contributed by atoms with E-state index >= 15 is 0 Å². The van der Waals surface area contributed by atoms with Gasteiger partial charge in [-0.05, 0) is 45.2 Å². The minimum absolute atomic E-state index is 0. The summed E-state index contributed by atoms with van der Waals surface area (Å²) < 4.78 is 5.51. The molecule has 6 nitrogen and oxygen atoms in total. The Balaban J connectivity index is 0.00000243. The molecule has 2 saturated heterocycles. The standard InChI is InChI=1S/C19H33N5O.HI/c1-4-15(5-2)18-12-17(25-22-18)13-21-19(20-3)24-11-8-16(14-24)23-9-6-7-10-23;/h12,15-16H,4-11,13-14H2,1-3H3,(H,20,21);1H. The van der Waals surface area contributed by atoms with E-state index in [0.717, 1.165) is 43.3 Å². The summed E-state index contributed by atoms with van der Waals surface area (Å²) in [5.74, 6) is 2.36. The number of rotatable bonds is 6. The summed E-state index contributed by atoms with van der Waals surface area (Å²) in [5, 5.41) is 7.70. The van der Waals surface area contributed by atoms with Crippen LogP contribution in [0.3, 0.4) is 0 Å². The van der Waals surface area contributed by atoms with Crippen LogP contribution in [0.25, 0.3) is 0 Å². The molecule has 26 heavy (non-hydrogen) atoms. The highest BCUT2D eigenvalue weighted by Crippen LogP contribution is 2.23. The number of halogens is 1. The lowest BCUT2D eigenvalue weighted by atomic mass is 9.99. The molecule has 0 aliphatic carbocycles. The topological polar surface area (TPSA) is 56.9 Å². The van der Waals surface area contributed by atoms with Crippen molar-refractivity contribution in [3.05, 3.63) is 17.5 Å². The second kappa shape index (κ2) is 10.5. The van der Waals surface area contributed by atoms with Gasteiger partial charge >= 0.3 is 0 Å². The van der Waals surface area contributed by atoms with Crippen LogP contribution in [0, 0.1) is 0 Å². The summed E-state index contributed by atoms with van der Waals surface area (Å²) in [6.07, 6.45) is 6.15. The van der Waals surface area contributed by atoms with E-state index in [-0.39, 0.29) is 24.0 Å². The van der Waals surface area contributed by atoms with Gasteiger partial charge < -0.3 is 14.7 Å². The van der Waals surface area contributed by atoms with Crippen molar-refractivity contribution in [2.45, 2.75) is 64.5 Å². The van der Waals surface area contributed by atoms with Gasteiger partial charge in [0.25, 0.3) is 0 Å². The van der Waals surface area contributed by atoms with E-state index in [1.54, 1.807) is 0 Å². The van der Waals surface area contributed by atoms with E-state index in [9.17, 15) is 0 Å². The molecular formula is C19H34IN5O.